The van der Waals surface area contributed by atoms with E-state index in [1.807, 2.05) is 0 Å². The Morgan fingerprint density at radius 3 is 2.67 bits per heavy atom. The van der Waals surface area contributed by atoms with Crippen molar-refractivity contribution in [3.8, 4) is 0 Å². The number of amidine groups is 1. The molecule has 6 heteroatoms. The molecule has 1 rings (SSSR count). The van der Waals surface area contributed by atoms with Crippen molar-refractivity contribution in [2.75, 3.05) is 6.54 Å². The summed E-state index contributed by atoms with van der Waals surface area (Å²) in [5.74, 6) is -0.366. The number of aliphatic carboxylic acids is 1. The van der Waals surface area contributed by atoms with Crippen molar-refractivity contribution in [2.45, 2.75) is 19.4 Å². The van der Waals surface area contributed by atoms with E-state index in [1.54, 1.807) is 6.92 Å². The number of carbonyl (C=O) groups excluding carboxylic acids is 1. The third kappa shape index (κ3) is 4.06. The molecular formula is C6H11N2NaO3. The monoisotopic (exact) mass is 182 g/mol. The summed E-state index contributed by atoms with van der Waals surface area (Å²) in [6.07, 6.45) is 0.527. The Kier molecular flexibility index (Phi) is 7.72. The van der Waals surface area contributed by atoms with Crippen molar-refractivity contribution in [1.82, 2.24) is 5.32 Å². The van der Waals surface area contributed by atoms with Crippen LogP contribution in [0.4, 0.5) is 0 Å². The predicted octanol–water partition coefficient (Wildman–Crippen LogP) is -5.30. The maximum atomic E-state index is 10.3. The normalized spacial score (nSPS) is 20.8. The van der Waals surface area contributed by atoms with Crippen molar-refractivity contribution < 1.29 is 44.9 Å². The van der Waals surface area contributed by atoms with Crippen LogP contribution in [-0.2, 0) is 4.79 Å². The van der Waals surface area contributed by atoms with Crippen LogP contribution in [0.3, 0.4) is 0 Å². The van der Waals surface area contributed by atoms with Gasteiger partial charge in [-0.2, -0.15) is 0 Å². The minimum absolute atomic E-state index is 0. The molecule has 0 fully saturated rings. The van der Waals surface area contributed by atoms with Crippen LogP contribution in [0.25, 0.3) is 0 Å². The van der Waals surface area contributed by atoms with Gasteiger partial charge in [-0.3, -0.25) is 4.99 Å². The van der Waals surface area contributed by atoms with E-state index in [9.17, 15) is 9.90 Å². The first-order valence-corrected chi connectivity index (χ1v) is 3.18. The van der Waals surface area contributed by atoms with Gasteiger partial charge in [0.05, 0.1) is 17.8 Å². The molecule has 1 atom stereocenters. The number of nitrogens with zero attached hydrogens (tertiary/aromatic N) is 1. The molecule has 0 bridgehead atoms. The molecule has 0 saturated carbocycles. The quantitative estimate of drug-likeness (QED) is 0.410. The van der Waals surface area contributed by atoms with Crippen molar-refractivity contribution in [1.29, 1.82) is 0 Å². The van der Waals surface area contributed by atoms with Crippen molar-refractivity contribution in [2.24, 2.45) is 4.99 Å². The summed E-state index contributed by atoms with van der Waals surface area (Å²) < 4.78 is 0. The van der Waals surface area contributed by atoms with Gasteiger partial charge >= 0.3 is 29.6 Å². The van der Waals surface area contributed by atoms with E-state index in [-0.39, 0.29) is 35.0 Å². The number of aliphatic imine (C=N–C) groups is 1. The van der Waals surface area contributed by atoms with E-state index in [2.05, 4.69) is 10.3 Å². The average Bonchev–Trinajstić information content (AvgIpc) is 1.88. The van der Waals surface area contributed by atoms with Crippen molar-refractivity contribution in [3.63, 3.8) is 0 Å². The average molecular weight is 182 g/mol. The van der Waals surface area contributed by atoms with Gasteiger partial charge in [0, 0.05) is 6.54 Å². The van der Waals surface area contributed by atoms with Gasteiger partial charge in [0.2, 0.25) is 0 Å². The summed E-state index contributed by atoms with van der Waals surface area (Å²) in [6.45, 7) is 2.33. The molecule has 64 valence electrons. The molecule has 0 aromatic rings. The standard InChI is InChI=1S/C6H10N2O2.Na.H2O/c1-4-7-3-2-5(8-4)6(9)10;;/h5H,2-3H2,1H3,(H,7,8)(H,9,10);;1H2/q;+1;/p-1/t5-;;/m1../s1. The van der Waals surface area contributed by atoms with Crippen LogP contribution in [0.1, 0.15) is 13.3 Å². The fourth-order valence-corrected chi connectivity index (χ4v) is 0.908. The molecule has 1 heterocycles. The number of hydrogen-bond donors (Lipinski definition) is 1. The van der Waals surface area contributed by atoms with Gasteiger partial charge in [-0.15, -0.1) is 0 Å². The van der Waals surface area contributed by atoms with Crippen molar-refractivity contribution >= 4 is 11.8 Å². The molecule has 0 radical (unpaired) electrons. The van der Waals surface area contributed by atoms with Crippen molar-refractivity contribution in [3.05, 3.63) is 0 Å². The first-order chi connectivity index (χ1) is 4.70. The smallest absolute Gasteiger partial charge is 0.548 e. The summed E-state index contributed by atoms with van der Waals surface area (Å²) in [4.78, 5) is 14.2. The first-order valence-electron chi connectivity index (χ1n) is 3.18. The fourth-order valence-electron chi connectivity index (χ4n) is 0.908. The van der Waals surface area contributed by atoms with E-state index in [0.29, 0.717) is 18.8 Å². The van der Waals surface area contributed by atoms with E-state index in [4.69, 9.17) is 0 Å². The van der Waals surface area contributed by atoms with Gasteiger partial charge in [0.25, 0.3) is 0 Å². The summed E-state index contributed by atoms with van der Waals surface area (Å²) in [7, 11) is 0. The zero-order chi connectivity index (χ0) is 7.56. The largest absolute Gasteiger partial charge is 1.00 e. The van der Waals surface area contributed by atoms with Crippen LogP contribution in [0.5, 0.6) is 0 Å². The van der Waals surface area contributed by atoms with Gasteiger partial charge in [0.1, 0.15) is 0 Å². The molecule has 5 nitrogen and oxygen atoms in total. The molecule has 3 N–H and O–H groups in total. The van der Waals surface area contributed by atoms with Crippen LogP contribution < -0.4 is 40.0 Å². The number of rotatable bonds is 1. The van der Waals surface area contributed by atoms with Crippen LogP contribution >= 0.6 is 0 Å². The van der Waals surface area contributed by atoms with Gasteiger partial charge in [-0.05, 0) is 13.3 Å². The minimum atomic E-state index is -1.05. The van der Waals surface area contributed by atoms with E-state index >= 15 is 0 Å². The van der Waals surface area contributed by atoms with Crippen LogP contribution in [0.2, 0.25) is 0 Å². The Balaban J connectivity index is 0. The Labute approximate surface area is 92.9 Å². The summed E-state index contributed by atoms with van der Waals surface area (Å²) >= 11 is 0. The molecule has 0 amide bonds. The molecular weight excluding hydrogens is 171 g/mol. The van der Waals surface area contributed by atoms with Gasteiger partial charge < -0.3 is 20.7 Å². The SMILES string of the molecule is CC1=NCC[C@H](C(=O)[O-])N1.O.[Na+]. The Morgan fingerprint density at radius 1 is 1.75 bits per heavy atom. The summed E-state index contributed by atoms with van der Waals surface area (Å²) in [5, 5.41) is 13.0. The second kappa shape index (κ2) is 6.42. The first kappa shape index (κ1) is 14.4. The zero-order valence-electron chi connectivity index (χ0n) is 7.26. The second-order valence-corrected chi connectivity index (χ2v) is 2.27. The molecule has 0 saturated heterocycles. The fraction of sp³-hybridized carbons (Fsp3) is 0.667. The van der Waals surface area contributed by atoms with Crippen LogP contribution in [-0.4, -0.2) is 29.9 Å². The summed E-state index contributed by atoms with van der Waals surface area (Å²) in [5.41, 5.74) is 0. The molecule has 0 unspecified atom stereocenters. The summed E-state index contributed by atoms with van der Waals surface area (Å²) in [6, 6.07) is -0.544. The van der Waals surface area contributed by atoms with Gasteiger partial charge in [-0.25, -0.2) is 0 Å². The molecule has 0 aliphatic carbocycles. The molecule has 0 spiro atoms. The number of carboxylic acid groups (broad SMARTS) is 1. The molecule has 12 heavy (non-hydrogen) atoms. The molecule has 1 aliphatic rings. The number of nitrogens with one attached hydrogen (secondary N) is 1. The Bertz CT molecular complexity index is 184. The molecule has 1 aliphatic heterocycles. The maximum absolute atomic E-state index is 10.3. The number of hydrogen-bond acceptors (Lipinski definition) is 4. The Hall–Kier alpha value is -0.100. The number of carboxylic acids is 1. The third-order valence-electron chi connectivity index (χ3n) is 1.43. The minimum Gasteiger partial charge on any atom is -0.548 e. The molecule has 0 aromatic heterocycles. The third-order valence-corrected chi connectivity index (χ3v) is 1.43. The number of carbonyl (C=O) groups is 1. The van der Waals surface area contributed by atoms with Crippen LogP contribution in [0.15, 0.2) is 4.99 Å². The zero-order valence-corrected chi connectivity index (χ0v) is 9.26. The van der Waals surface area contributed by atoms with Crippen LogP contribution in [0, 0.1) is 0 Å². The topological polar surface area (TPSA) is 96.0 Å². The van der Waals surface area contributed by atoms with E-state index in [1.165, 1.54) is 0 Å². The predicted molar refractivity (Wildman–Crippen MR) is 38.1 cm³/mol. The van der Waals surface area contributed by atoms with E-state index in [0.717, 1.165) is 0 Å². The second-order valence-electron chi connectivity index (χ2n) is 2.27. The van der Waals surface area contributed by atoms with Gasteiger partial charge in [-0.1, -0.05) is 0 Å². The van der Waals surface area contributed by atoms with Gasteiger partial charge in [0.15, 0.2) is 0 Å². The Morgan fingerprint density at radius 2 is 2.33 bits per heavy atom. The van der Waals surface area contributed by atoms with E-state index < -0.39 is 12.0 Å². The molecule has 0 aromatic carbocycles. The maximum Gasteiger partial charge on any atom is 1.00 e.